The summed E-state index contributed by atoms with van der Waals surface area (Å²) in [6, 6.07) is 37.9. The Hall–Kier alpha value is -5.67. The zero-order valence-electron chi connectivity index (χ0n) is 24.5. The smallest absolute Gasteiger partial charge is 0.227 e. The molecule has 0 bridgehead atoms. The molecule has 2 aliphatic rings. The monoisotopic (exact) mass is 566 g/mol. The highest BCUT2D eigenvalue weighted by molar-refractivity contribution is 6.10. The maximum Gasteiger partial charge on any atom is 0.227 e. The average molecular weight is 567 g/mol. The third-order valence-electron chi connectivity index (χ3n) is 8.78. The molecule has 3 heteroatoms. The molecule has 3 nitrogen and oxygen atoms in total. The number of aromatic nitrogens is 1. The fraction of sp³-hybridized carbons (Fsp3) is 0.0488. The molecule has 2 aliphatic heterocycles. The van der Waals surface area contributed by atoms with E-state index >= 15 is 0 Å². The summed E-state index contributed by atoms with van der Waals surface area (Å²) in [5, 5.41) is 5.95. The lowest BCUT2D eigenvalue weighted by Crippen LogP contribution is -2.15. The second-order valence-electron chi connectivity index (χ2n) is 11.5. The molecule has 3 heterocycles. The summed E-state index contributed by atoms with van der Waals surface area (Å²) in [5.41, 5.74) is 13.5. The number of fused-ring (bicyclic) bond motifs is 5. The van der Waals surface area contributed by atoms with E-state index in [0.717, 1.165) is 0 Å². The maximum atomic E-state index is 3.49. The molecule has 1 atom stereocenters. The third kappa shape index (κ3) is 4.60. The number of allylic oxidation sites excluding steroid dienone is 3. The first-order valence-corrected chi connectivity index (χ1v) is 15.1. The fourth-order valence-electron chi connectivity index (χ4n) is 6.46. The highest BCUT2D eigenvalue weighted by Gasteiger charge is 2.34. The molecule has 1 aromatic heterocycles. The van der Waals surface area contributed by atoms with Gasteiger partial charge in [-0.1, -0.05) is 72.8 Å². The van der Waals surface area contributed by atoms with E-state index in [1.807, 2.05) is 24.7 Å². The first-order valence-electron chi connectivity index (χ1n) is 15.1. The molecular weight excluding hydrogens is 534 g/mol. The van der Waals surface area contributed by atoms with Crippen molar-refractivity contribution in [2.45, 2.75) is 13.0 Å². The summed E-state index contributed by atoms with van der Waals surface area (Å²) in [4.78, 5) is 3.17. The standard InChI is InChI=1S/C41H32N3/c1-28-8-2-3-9-29(28)12-7-23-44-40-26-34(39-13-4-5-21-43-39)16-18-37(40)38-19-15-33-25-32(14-17-36(33)41(38)44)30-10-6-11-31(24-30)35-20-22-42-27-35/h2-27,39,42-43H,1H3/q+1/b12-7-,44-23?. The van der Waals surface area contributed by atoms with Crippen molar-refractivity contribution in [3.05, 3.63) is 163 Å². The van der Waals surface area contributed by atoms with Gasteiger partial charge in [0.05, 0.1) is 22.6 Å². The van der Waals surface area contributed by atoms with Gasteiger partial charge in [0.25, 0.3) is 0 Å². The first kappa shape index (κ1) is 26.0. The Bertz CT molecular complexity index is 2160. The summed E-state index contributed by atoms with van der Waals surface area (Å²) in [5.74, 6) is 0. The van der Waals surface area contributed by atoms with Crippen LogP contribution < -0.4 is 9.89 Å². The van der Waals surface area contributed by atoms with Gasteiger partial charge in [0.2, 0.25) is 11.4 Å². The van der Waals surface area contributed by atoms with E-state index in [4.69, 9.17) is 0 Å². The van der Waals surface area contributed by atoms with Gasteiger partial charge >= 0.3 is 0 Å². The molecule has 0 fully saturated rings. The van der Waals surface area contributed by atoms with Crippen LogP contribution in [-0.4, -0.2) is 11.2 Å². The highest BCUT2D eigenvalue weighted by Crippen LogP contribution is 2.49. The Balaban J connectivity index is 1.25. The number of hydrogen-bond acceptors (Lipinski definition) is 1. The molecule has 0 aliphatic carbocycles. The van der Waals surface area contributed by atoms with Gasteiger partial charge in [-0.05, 0) is 106 Å². The minimum atomic E-state index is 0.153. The highest BCUT2D eigenvalue weighted by atomic mass is 15.0. The van der Waals surface area contributed by atoms with Crippen molar-refractivity contribution in [2.75, 3.05) is 0 Å². The van der Waals surface area contributed by atoms with E-state index in [0.29, 0.717) is 0 Å². The largest absolute Gasteiger partial charge is 0.381 e. The number of rotatable bonds is 5. The van der Waals surface area contributed by atoms with Crippen LogP contribution in [-0.2, 0) is 0 Å². The van der Waals surface area contributed by atoms with E-state index in [1.165, 1.54) is 72.2 Å². The molecule has 0 spiro atoms. The Morgan fingerprint density at radius 1 is 0.727 bits per heavy atom. The molecular formula is C41H32N3+. The van der Waals surface area contributed by atoms with Crippen LogP contribution in [0.4, 0.5) is 11.4 Å². The van der Waals surface area contributed by atoms with Gasteiger partial charge in [-0.15, -0.1) is 0 Å². The van der Waals surface area contributed by atoms with Gasteiger partial charge in [-0.2, -0.15) is 4.58 Å². The van der Waals surface area contributed by atoms with E-state index in [9.17, 15) is 0 Å². The number of aromatic amines is 1. The van der Waals surface area contributed by atoms with Crippen LogP contribution in [0.1, 0.15) is 22.7 Å². The van der Waals surface area contributed by atoms with E-state index in [1.54, 1.807) is 0 Å². The SMILES string of the molecule is Cc1ccccc1/C=C\C=[N+]1c2cc(C3C=CC=CN3)ccc2-c2ccc3cc(-c4cccc(-c5cc[nH]c5)c4)ccc3c21. The van der Waals surface area contributed by atoms with E-state index in [-0.39, 0.29) is 6.04 Å². The van der Waals surface area contributed by atoms with Crippen molar-refractivity contribution in [1.82, 2.24) is 14.9 Å². The molecule has 2 N–H and O–H groups in total. The predicted molar refractivity (Wildman–Crippen MR) is 186 cm³/mol. The molecule has 5 aromatic carbocycles. The summed E-state index contributed by atoms with van der Waals surface area (Å²) < 4.78 is 2.37. The molecule has 0 saturated carbocycles. The molecule has 0 saturated heterocycles. The molecule has 0 amide bonds. The maximum absolute atomic E-state index is 3.49. The van der Waals surface area contributed by atoms with Crippen molar-refractivity contribution in [2.24, 2.45) is 0 Å². The first-order chi connectivity index (χ1) is 21.7. The number of nitrogens with one attached hydrogen (secondary N) is 2. The molecule has 1 unspecified atom stereocenters. The molecule has 0 radical (unpaired) electrons. The van der Waals surface area contributed by atoms with Crippen LogP contribution in [0.5, 0.6) is 0 Å². The zero-order valence-corrected chi connectivity index (χ0v) is 24.5. The van der Waals surface area contributed by atoms with Crippen molar-refractivity contribution >= 4 is 34.4 Å². The van der Waals surface area contributed by atoms with Crippen LogP contribution in [0, 0.1) is 6.92 Å². The summed E-state index contributed by atoms with van der Waals surface area (Å²) in [6.45, 7) is 2.16. The zero-order chi connectivity index (χ0) is 29.5. The Kier molecular flexibility index (Phi) is 6.42. The number of H-pyrrole nitrogens is 1. The van der Waals surface area contributed by atoms with Crippen LogP contribution in [0.25, 0.3) is 50.2 Å². The predicted octanol–water partition coefficient (Wildman–Crippen LogP) is 10.1. The van der Waals surface area contributed by atoms with Gasteiger partial charge in [0, 0.05) is 24.5 Å². The van der Waals surface area contributed by atoms with Crippen molar-refractivity contribution in [3.8, 4) is 33.4 Å². The Morgan fingerprint density at radius 2 is 1.59 bits per heavy atom. The van der Waals surface area contributed by atoms with E-state index < -0.39 is 0 Å². The third-order valence-corrected chi connectivity index (χ3v) is 8.78. The lowest BCUT2D eigenvalue weighted by atomic mass is 9.95. The van der Waals surface area contributed by atoms with Gasteiger partial charge in [-0.25, -0.2) is 0 Å². The summed E-state index contributed by atoms with van der Waals surface area (Å²) in [6.07, 6.45) is 19.0. The Labute approximate surface area is 257 Å². The van der Waals surface area contributed by atoms with Crippen molar-refractivity contribution in [3.63, 3.8) is 0 Å². The number of nitrogens with zero attached hydrogens (tertiary/aromatic N) is 1. The van der Waals surface area contributed by atoms with Gasteiger partial charge in [0.1, 0.15) is 0 Å². The number of aryl methyl sites for hydroxylation is 1. The second-order valence-corrected chi connectivity index (χ2v) is 11.5. The van der Waals surface area contributed by atoms with Crippen LogP contribution >= 0.6 is 0 Å². The molecule has 210 valence electrons. The molecule has 6 aromatic rings. The topological polar surface area (TPSA) is 30.8 Å². The molecule has 44 heavy (non-hydrogen) atoms. The lowest BCUT2D eigenvalue weighted by molar-refractivity contribution is 0.746. The number of benzene rings is 5. The number of hydrogen-bond donors (Lipinski definition) is 2. The van der Waals surface area contributed by atoms with Crippen molar-refractivity contribution < 1.29 is 0 Å². The number of dihydropyridines is 1. The van der Waals surface area contributed by atoms with Crippen LogP contribution in [0.3, 0.4) is 0 Å². The Morgan fingerprint density at radius 3 is 2.43 bits per heavy atom. The fourth-order valence-corrected chi connectivity index (χ4v) is 6.46. The van der Waals surface area contributed by atoms with Gasteiger partial charge in [0.15, 0.2) is 6.21 Å². The average Bonchev–Trinajstić information content (AvgIpc) is 3.73. The van der Waals surface area contributed by atoms with Crippen LogP contribution in [0.2, 0.25) is 0 Å². The van der Waals surface area contributed by atoms with Crippen LogP contribution in [0.15, 0.2) is 146 Å². The van der Waals surface area contributed by atoms with Gasteiger partial charge < -0.3 is 10.3 Å². The van der Waals surface area contributed by atoms with Gasteiger partial charge in [-0.3, -0.25) is 0 Å². The molecule has 8 rings (SSSR count). The normalized spacial score (nSPS) is 16.0. The minimum Gasteiger partial charge on any atom is -0.381 e. The summed E-state index contributed by atoms with van der Waals surface area (Å²) in [7, 11) is 0. The lowest BCUT2D eigenvalue weighted by Gasteiger charge is -2.16. The summed E-state index contributed by atoms with van der Waals surface area (Å²) >= 11 is 0. The minimum absolute atomic E-state index is 0.153. The van der Waals surface area contributed by atoms with Crippen molar-refractivity contribution in [1.29, 1.82) is 0 Å². The second kappa shape index (κ2) is 10.9. The quantitative estimate of drug-likeness (QED) is 0.200. The van der Waals surface area contributed by atoms with E-state index in [2.05, 4.69) is 155 Å².